The molecule has 5 nitrogen and oxygen atoms in total. The summed E-state index contributed by atoms with van der Waals surface area (Å²) < 4.78 is 14.4. The second kappa shape index (κ2) is 6.67. The summed E-state index contributed by atoms with van der Waals surface area (Å²) in [5.41, 5.74) is 6.48. The van der Waals surface area contributed by atoms with E-state index in [-0.39, 0.29) is 11.7 Å². The molecule has 1 aromatic heterocycles. The molecule has 0 saturated carbocycles. The van der Waals surface area contributed by atoms with E-state index in [1.54, 1.807) is 42.5 Å². The van der Waals surface area contributed by atoms with Crippen LogP contribution in [0.2, 0.25) is 0 Å². The van der Waals surface area contributed by atoms with Gasteiger partial charge >= 0.3 is 6.03 Å². The third kappa shape index (κ3) is 3.52. The highest BCUT2D eigenvalue weighted by Crippen LogP contribution is 2.27. The molecular weight excluding hydrogens is 329 g/mol. The quantitative estimate of drug-likeness (QED) is 0.678. The van der Waals surface area contributed by atoms with Crippen molar-refractivity contribution in [1.82, 2.24) is 5.32 Å². The number of fused-ring (bicyclic) bond motifs is 1. The molecule has 24 heavy (non-hydrogen) atoms. The number of hydrogen-bond acceptors (Lipinski definition) is 3. The third-order valence-corrected chi connectivity index (χ3v) is 4.51. The molecule has 0 aliphatic carbocycles. The number of thiophene rings is 1. The second-order valence-electron chi connectivity index (χ2n) is 5.13. The molecule has 0 radical (unpaired) electrons. The first-order valence-corrected chi connectivity index (χ1v) is 7.96. The molecule has 0 fully saturated rings. The topological polar surface area (TPSA) is 84.2 Å². The number of anilines is 1. The van der Waals surface area contributed by atoms with Crippen LogP contribution in [0.15, 0.2) is 48.5 Å². The van der Waals surface area contributed by atoms with Crippen LogP contribution < -0.4 is 16.4 Å². The van der Waals surface area contributed by atoms with Crippen LogP contribution in [0.4, 0.5) is 14.9 Å². The molecule has 0 atom stereocenters. The first-order valence-electron chi connectivity index (χ1n) is 7.14. The summed E-state index contributed by atoms with van der Waals surface area (Å²) in [4.78, 5) is 23.4. The zero-order valence-electron chi connectivity index (χ0n) is 12.5. The van der Waals surface area contributed by atoms with E-state index in [1.807, 2.05) is 0 Å². The minimum absolute atomic E-state index is 0.255. The van der Waals surface area contributed by atoms with E-state index < -0.39 is 6.03 Å². The average Bonchev–Trinajstić information content (AvgIpc) is 2.99. The van der Waals surface area contributed by atoms with Crippen molar-refractivity contribution in [2.45, 2.75) is 6.54 Å². The lowest BCUT2D eigenvalue weighted by Gasteiger charge is -2.06. The van der Waals surface area contributed by atoms with Crippen LogP contribution in [-0.4, -0.2) is 11.9 Å². The molecular formula is C17H14FN3O2S. The molecule has 0 aliphatic heterocycles. The Labute approximate surface area is 141 Å². The van der Waals surface area contributed by atoms with Crippen LogP contribution >= 0.6 is 11.3 Å². The summed E-state index contributed by atoms with van der Waals surface area (Å²) in [5, 5.41) is 5.71. The van der Waals surface area contributed by atoms with Gasteiger partial charge in [0.2, 0.25) is 0 Å². The van der Waals surface area contributed by atoms with E-state index in [0.717, 1.165) is 10.3 Å². The number of rotatable bonds is 4. The first-order chi connectivity index (χ1) is 11.5. The lowest BCUT2D eigenvalue weighted by molar-refractivity contribution is 0.0955. The molecule has 0 aliphatic rings. The summed E-state index contributed by atoms with van der Waals surface area (Å²) in [7, 11) is 0. The van der Waals surface area contributed by atoms with Gasteiger partial charge in [0, 0.05) is 22.3 Å². The van der Waals surface area contributed by atoms with Gasteiger partial charge in [0.25, 0.3) is 5.91 Å². The lowest BCUT2D eigenvalue weighted by atomic mass is 10.2. The van der Waals surface area contributed by atoms with Gasteiger partial charge in [-0.1, -0.05) is 18.2 Å². The van der Waals surface area contributed by atoms with Gasteiger partial charge in [-0.05, 0) is 35.9 Å². The first kappa shape index (κ1) is 15.9. The monoisotopic (exact) mass is 343 g/mol. The molecule has 3 amide bonds. The standard InChI is InChI=1S/C17H14FN3O2S/c18-13-2-1-3-14-12(13)8-15(24-14)16(22)20-9-10-4-6-11(7-5-10)21-17(19)23/h1-8H,9H2,(H,20,22)(H3,19,21,23). The Balaban J connectivity index is 1.66. The van der Waals surface area contributed by atoms with Crippen LogP contribution in [0.25, 0.3) is 10.1 Å². The summed E-state index contributed by atoms with van der Waals surface area (Å²) in [6.45, 7) is 0.326. The predicted molar refractivity (Wildman–Crippen MR) is 92.6 cm³/mol. The molecule has 3 aromatic rings. The van der Waals surface area contributed by atoms with E-state index in [1.165, 1.54) is 17.4 Å². The highest BCUT2D eigenvalue weighted by Gasteiger charge is 2.12. The number of urea groups is 1. The zero-order chi connectivity index (χ0) is 17.1. The van der Waals surface area contributed by atoms with Crippen LogP contribution in [0.1, 0.15) is 15.2 Å². The highest BCUT2D eigenvalue weighted by atomic mass is 32.1. The Bertz CT molecular complexity index is 906. The normalized spacial score (nSPS) is 10.5. The zero-order valence-corrected chi connectivity index (χ0v) is 13.3. The molecule has 0 saturated heterocycles. The summed E-state index contributed by atoms with van der Waals surface area (Å²) >= 11 is 1.25. The minimum atomic E-state index is -0.631. The Morgan fingerprint density at radius 1 is 1.12 bits per heavy atom. The molecule has 0 bridgehead atoms. The third-order valence-electron chi connectivity index (χ3n) is 3.41. The SMILES string of the molecule is NC(=O)Nc1ccc(CNC(=O)c2cc3c(F)cccc3s2)cc1. The van der Waals surface area contributed by atoms with E-state index in [0.29, 0.717) is 22.5 Å². The van der Waals surface area contributed by atoms with E-state index >= 15 is 0 Å². The molecule has 1 heterocycles. The smallest absolute Gasteiger partial charge is 0.316 e. The maximum atomic E-state index is 13.7. The Morgan fingerprint density at radius 2 is 1.88 bits per heavy atom. The van der Waals surface area contributed by atoms with Crippen LogP contribution in [-0.2, 0) is 6.54 Å². The maximum Gasteiger partial charge on any atom is 0.316 e. The predicted octanol–water partition coefficient (Wildman–Crippen LogP) is 3.46. The molecule has 0 unspecified atom stereocenters. The van der Waals surface area contributed by atoms with Crippen molar-refractivity contribution in [3.05, 3.63) is 64.8 Å². The van der Waals surface area contributed by atoms with Crippen LogP contribution in [0.5, 0.6) is 0 Å². The lowest BCUT2D eigenvalue weighted by Crippen LogP contribution is -2.22. The van der Waals surface area contributed by atoms with Gasteiger partial charge in [0.15, 0.2) is 0 Å². The van der Waals surface area contributed by atoms with Crippen molar-refractivity contribution in [2.24, 2.45) is 5.73 Å². The molecule has 122 valence electrons. The minimum Gasteiger partial charge on any atom is -0.351 e. The number of carbonyl (C=O) groups is 2. The largest absolute Gasteiger partial charge is 0.351 e. The van der Waals surface area contributed by atoms with Crippen LogP contribution in [0.3, 0.4) is 0 Å². The fraction of sp³-hybridized carbons (Fsp3) is 0.0588. The van der Waals surface area contributed by atoms with Crippen molar-refractivity contribution >= 4 is 39.0 Å². The number of primary amides is 1. The van der Waals surface area contributed by atoms with Crippen molar-refractivity contribution in [3.63, 3.8) is 0 Å². The fourth-order valence-corrected chi connectivity index (χ4v) is 3.25. The molecule has 0 spiro atoms. The number of nitrogens with two attached hydrogens (primary N) is 1. The molecule has 3 rings (SSSR count). The van der Waals surface area contributed by atoms with E-state index in [2.05, 4.69) is 10.6 Å². The summed E-state index contributed by atoms with van der Waals surface area (Å²) in [5.74, 6) is -0.588. The molecule has 4 N–H and O–H groups in total. The van der Waals surface area contributed by atoms with Crippen molar-refractivity contribution < 1.29 is 14.0 Å². The number of nitrogens with one attached hydrogen (secondary N) is 2. The maximum absolute atomic E-state index is 13.7. The van der Waals surface area contributed by atoms with Crippen molar-refractivity contribution in [3.8, 4) is 0 Å². The van der Waals surface area contributed by atoms with Crippen molar-refractivity contribution in [2.75, 3.05) is 5.32 Å². The van der Waals surface area contributed by atoms with Gasteiger partial charge < -0.3 is 16.4 Å². The van der Waals surface area contributed by atoms with Gasteiger partial charge in [0.05, 0.1) is 4.88 Å². The Morgan fingerprint density at radius 3 is 2.54 bits per heavy atom. The van der Waals surface area contributed by atoms with Crippen molar-refractivity contribution in [1.29, 1.82) is 0 Å². The fourth-order valence-electron chi connectivity index (χ4n) is 2.25. The molecule has 2 aromatic carbocycles. The number of hydrogen-bond donors (Lipinski definition) is 3. The van der Waals surface area contributed by atoms with Crippen LogP contribution in [0, 0.1) is 5.82 Å². The number of benzene rings is 2. The summed E-state index contributed by atoms with van der Waals surface area (Å²) in [6.07, 6.45) is 0. The number of amides is 3. The average molecular weight is 343 g/mol. The second-order valence-corrected chi connectivity index (χ2v) is 6.21. The van der Waals surface area contributed by atoms with Gasteiger partial charge in [-0.25, -0.2) is 9.18 Å². The Hall–Kier alpha value is -2.93. The van der Waals surface area contributed by atoms with Gasteiger partial charge in [-0.2, -0.15) is 0 Å². The highest BCUT2D eigenvalue weighted by molar-refractivity contribution is 7.20. The van der Waals surface area contributed by atoms with E-state index in [9.17, 15) is 14.0 Å². The van der Waals surface area contributed by atoms with Gasteiger partial charge in [-0.3, -0.25) is 4.79 Å². The van der Waals surface area contributed by atoms with Gasteiger partial charge in [-0.15, -0.1) is 11.3 Å². The van der Waals surface area contributed by atoms with Gasteiger partial charge in [0.1, 0.15) is 5.82 Å². The number of carbonyl (C=O) groups excluding carboxylic acids is 2. The molecule has 7 heteroatoms. The van der Waals surface area contributed by atoms with E-state index in [4.69, 9.17) is 5.73 Å². The number of halogens is 1. The summed E-state index contributed by atoms with van der Waals surface area (Å²) in [6, 6.07) is 12.6. The Kier molecular flexibility index (Phi) is 4.43.